The zero-order valence-corrected chi connectivity index (χ0v) is 11.6. The normalized spacial score (nSPS) is 12.8. The van der Waals surface area contributed by atoms with Crippen molar-refractivity contribution in [3.8, 4) is 0 Å². The first-order chi connectivity index (χ1) is 8.77. The van der Waals surface area contributed by atoms with Gasteiger partial charge in [-0.15, -0.1) is 0 Å². The predicted octanol–water partition coefficient (Wildman–Crippen LogP) is 4.48. The molecule has 0 aliphatic heterocycles. The fraction of sp³-hybridized carbons (Fsp3) is 0.133. The lowest BCUT2D eigenvalue weighted by Gasteiger charge is -2.11. The molecule has 0 aliphatic carbocycles. The molecule has 0 radical (unpaired) electrons. The van der Waals surface area contributed by atoms with Crippen LogP contribution in [-0.4, -0.2) is 9.97 Å². The molecule has 0 fully saturated rings. The molecule has 18 heavy (non-hydrogen) atoms. The molecule has 2 aromatic heterocycles. The number of nitrogens with zero attached hydrogens (tertiary/aromatic N) is 1. The van der Waals surface area contributed by atoms with Gasteiger partial charge >= 0.3 is 0 Å². The van der Waals surface area contributed by atoms with Gasteiger partial charge in [0.05, 0.1) is 11.7 Å². The number of aromatic nitrogens is 2. The topological polar surface area (TPSA) is 28.7 Å². The molecular weight excluding hydrogens is 288 g/mol. The number of benzene rings is 1. The van der Waals surface area contributed by atoms with E-state index in [1.807, 2.05) is 18.5 Å². The molecule has 0 spiro atoms. The van der Waals surface area contributed by atoms with Crippen LogP contribution in [0.4, 0.5) is 0 Å². The van der Waals surface area contributed by atoms with E-state index in [0.717, 1.165) is 9.99 Å². The summed E-state index contributed by atoms with van der Waals surface area (Å²) in [7, 11) is 0. The van der Waals surface area contributed by atoms with E-state index in [9.17, 15) is 0 Å². The molecule has 0 aliphatic rings. The molecule has 1 aromatic carbocycles. The highest BCUT2D eigenvalue weighted by Gasteiger charge is 2.15. The second kappa shape index (κ2) is 4.58. The van der Waals surface area contributed by atoms with E-state index < -0.39 is 0 Å². The summed E-state index contributed by atoms with van der Waals surface area (Å²) in [6, 6.07) is 10.5. The number of pyridine rings is 1. The van der Waals surface area contributed by atoms with Gasteiger partial charge in [0.2, 0.25) is 0 Å². The molecule has 0 amide bonds. The third-order valence-electron chi connectivity index (χ3n) is 3.34. The minimum atomic E-state index is 0.360. The zero-order chi connectivity index (χ0) is 12.5. The minimum Gasteiger partial charge on any atom is -0.360 e. The molecule has 2 heterocycles. The molecule has 90 valence electrons. The van der Waals surface area contributed by atoms with E-state index in [4.69, 9.17) is 0 Å². The van der Waals surface area contributed by atoms with Crippen molar-refractivity contribution in [1.29, 1.82) is 0 Å². The molecule has 0 saturated heterocycles. The molecule has 0 bridgehead atoms. The molecule has 3 heteroatoms. The Morgan fingerprint density at radius 2 is 1.94 bits per heavy atom. The van der Waals surface area contributed by atoms with Crippen molar-refractivity contribution in [2.24, 2.45) is 0 Å². The summed E-state index contributed by atoms with van der Waals surface area (Å²) in [5.41, 5.74) is 3.69. The van der Waals surface area contributed by atoms with E-state index in [-0.39, 0.29) is 0 Å². The van der Waals surface area contributed by atoms with Crippen LogP contribution < -0.4 is 0 Å². The SMILES string of the molecule is CC(c1ccccc1)c1c[nH]c2cncc(Br)c12. The van der Waals surface area contributed by atoms with Gasteiger partial charge < -0.3 is 4.98 Å². The van der Waals surface area contributed by atoms with Crippen LogP contribution in [0, 0.1) is 0 Å². The standard InChI is InChI=1S/C15H13BrN2/c1-10(11-5-3-2-4-6-11)12-7-18-14-9-17-8-13(16)15(12)14/h2-10,18H,1H3. The van der Waals surface area contributed by atoms with Crippen LogP contribution in [0.1, 0.15) is 24.0 Å². The Hall–Kier alpha value is -1.61. The third kappa shape index (κ3) is 1.85. The highest BCUT2D eigenvalue weighted by molar-refractivity contribution is 9.10. The van der Waals surface area contributed by atoms with E-state index in [1.165, 1.54) is 16.5 Å². The molecule has 1 atom stereocenters. The smallest absolute Gasteiger partial charge is 0.0654 e. The number of H-pyrrole nitrogens is 1. The lowest BCUT2D eigenvalue weighted by molar-refractivity contribution is 0.931. The number of aromatic amines is 1. The van der Waals surface area contributed by atoms with Crippen LogP contribution in [0.3, 0.4) is 0 Å². The fourth-order valence-corrected chi connectivity index (χ4v) is 2.89. The van der Waals surface area contributed by atoms with Gasteiger partial charge in [-0.2, -0.15) is 0 Å². The van der Waals surface area contributed by atoms with Crippen LogP contribution in [0.2, 0.25) is 0 Å². The van der Waals surface area contributed by atoms with Crippen molar-refractivity contribution in [2.75, 3.05) is 0 Å². The first kappa shape index (κ1) is 11.5. The number of halogens is 1. The molecule has 0 saturated carbocycles. The first-order valence-electron chi connectivity index (χ1n) is 5.93. The van der Waals surface area contributed by atoms with Crippen molar-refractivity contribution in [2.45, 2.75) is 12.8 Å². The Morgan fingerprint density at radius 3 is 2.72 bits per heavy atom. The molecule has 3 rings (SSSR count). The van der Waals surface area contributed by atoms with Gasteiger partial charge in [0.1, 0.15) is 0 Å². The number of nitrogens with one attached hydrogen (secondary N) is 1. The van der Waals surface area contributed by atoms with Crippen molar-refractivity contribution in [3.63, 3.8) is 0 Å². The number of rotatable bonds is 2. The van der Waals surface area contributed by atoms with E-state index in [0.29, 0.717) is 5.92 Å². The fourth-order valence-electron chi connectivity index (χ4n) is 2.33. The van der Waals surface area contributed by atoms with E-state index >= 15 is 0 Å². The quantitative estimate of drug-likeness (QED) is 0.743. The number of fused-ring (bicyclic) bond motifs is 1. The Labute approximate surface area is 114 Å². The average Bonchev–Trinajstić information content (AvgIpc) is 2.84. The van der Waals surface area contributed by atoms with Gasteiger partial charge in [0.15, 0.2) is 0 Å². The molecule has 1 N–H and O–H groups in total. The summed E-state index contributed by atoms with van der Waals surface area (Å²) in [6.07, 6.45) is 5.79. The Kier molecular flexibility index (Phi) is 2.92. The highest BCUT2D eigenvalue weighted by Crippen LogP contribution is 2.33. The average molecular weight is 301 g/mol. The maximum Gasteiger partial charge on any atom is 0.0654 e. The largest absolute Gasteiger partial charge is 0.360 e. The predicted molar refractivity (Wildman–Crippen MR) is 77.8 cm³/mol. The number of hydrogen-bond donors (Lipinski definition) is 1. The summed E-state index contributed by atoms with van der Waals surface area (Å²) >= 11 is 3.59. The van der Waals surface area contributed by atoms with E-state index in [1.54, 1.807) is 0 Å². The summed E-state index contributed by atoms with van der Waals surface area (Å²) in [5.74, 6) is 0.360. The van der Waals surface area contributed by atoms with Crippen LogP contribution in [-0.2, 0) is 0 Å². The Bertz CT molecular complexity index is 673. The van der Waals surface area contributed by atoms with Gasteiger partial charge in [-0.1, -0.05) is 37.3 Å². The summed E-state index contributed by atoms with van der Waals surface area (Å²) in [6.45, 7) is 2.23. The first-order valence-corrected chi connectivity index (χ1v) is 6.72. The zero-order valence-electron chi connectivity index (χ0n) is 10.0. The second-order valence-corrected chi connectivity index (χ2v) is 5.27. The van der Waals surface area contributed by atoms with Crippen molar-refractivity contribution >= 4 is 26.8 Å². The van der Waals surface area contributed by atoms with Gasteiger partial charge in [-0.05, 0) is 27.1 Å². The van der Waals surface area contributed by atoms with Gasteiger partial charge in [-0.3, -0.25) is 4.98 Å². The monoisotopic (exact) mass is 300 g/mol. The Balaban J connectivity index is 2.15. The van der Waals surface area contributed by atoms with Crippen molar-refractivity contribution in [3.05, 3.63) is 64.5 Å². The summed E-state index contributed by atoms with van der Waals surface area (Å²) in [5, 5.41) is 1.22. The maximum atomic E-state index is 4.18. The third-order valence-corrected chi connectivity index (χ3v) is 3.94. The van der Waals surface area contributed by atoms with Crippen LogP contribution in [0.15, 0.2) is 53.4 Å². The van der Waals surface area contributed by atoms with Crippen molar-refractivity contribution in [1.82, 2.24) is 9.97 Å². The highest BCUT2D eigenvalue weighted by atomic mass is 79.9. The summed E-state index contributed by atoms with van der Waals surface area (Å²) < 4.78 is 1.04. The Morgan fingerprint density at radius 1 is 1.17 bits per heavy atom. The minimum absolute atomic E-state index is 0.360. The second-order valence-electron chi connectivity index (χ2n) is 4.42. The number of hydrogen-bond acceptors (Lipinski definition) is 1. The molecule has 1 unspecified atom stereocenters. The van der Waals surface area contributed by atoms with Gasteiger partial charge in [0.25, 0.3) is 0 Å². The van der Waals surface area contributed by atoms with Crippen molar-refractivity contribution < 1.29 is 0 Å². The van der Waals surface area contributed by atoms with E-state index in [2.05, 4.69) is 63.3 Å². The molecule has 3 aromatic rings. The lowest BCUT2D eigenvalue weighted by atomic mass is 9.93. The van der Waals surface area contributed by atoms with Crippen LogP contribution >= 0.6 is 15.9 Å². The maximum absolute atomic E-state index is 4.18. The van der Waals surface area contributed by atoms with Gasteiger partial charge in [0, 0.05) is 28.2 Å². The lowest BCUT2D eigenvalue weighted by Crippen LogP contribution is -1.94. The van der Waals surface area contributed by atoms with Crippen LogP contribution in [0.5, 0.6) is 0 Å². The summed E-state index contributed by atoms with van der Waals surface area (Å²) in [4.78, 5) is 7.47. The van der Waals surface area contributed by atoms with Crippen LogP contribution in [0.25, 0.3) is 10.9 Å². The molecular formula is C15H13BrN2. The van der Waals surface area contributed by atoms with Gasteiger partial charge in [-0.25, -0.2) is 0 Å². The molecule has 2 nitrogen and oxygen atoms in total.